The maximum Gasteiger partial charge on any atom is 0.238 e. The second-order valence-corrected chi connectivity index (χ2v) is 8.47. The summed E-state index contributed by atoms with van der Waals surface area (Å²) in [6.45, 7) is 9.25. The minimum absolute atomic E-state index is 0.0292. The van der Waals surface area contributed by atoms with Crippen molar-refractivity contribution in [3.05, 3.63) is 47.0 Å². The lowest BCUT2D eigenvalue weighted by molar-refractivity contribution is -0.120. The molecule has 1 N–H and O–H groups in total. The van der Waals surface area contributed by atoms with Crippen molar-refractivity contribution in [1.82, 2.24) is 14.9 Å². The highest BCUT2D eigenvalue weighted by Gasteiger charge is 2.30. The third-order valence-corrected chi connectivity index (χ3v) is 5.77. The Kier molecular flexibility index (Phi) is 5.70. The number of rotatable bonds is 7. The van der Waals surface area contributed by atoms with Gasteiger partial charge in [0, 0.05) is 18.3 Å². The quantitative estimate of drug-likeness (QED) is 0.729. The molecule has 1 amide bonds. The van der Waals surface area contributed by atoms with E-state index in [9.17, 15) is 9.18 Å². The average Bonchev–Trinajstić information content (AvgIpc) is 3.36. The number of carbonyl (C=O) groups is 1. The molecule has 1 unspecified atom stereocenters. The molecule has 3 rings (SSSR count). The molecule has 0 saturated heterocycles. The van der Waals surface area contributed by atoms with E-state index in [1.807, 2.05) is 6.92 Å². The van der Waals surface area contributed by atoms with Gasteiger partial charge in [-0.25, -0.2) is 9.37 Å². The van der Waals surface area contributed by atoms with Crippen LogP contribution < -0.4 is 5.32 Å². The van der Waals surface area contributed by atoms with Crippen LogP contribution in [0.3, 0.4) is 0 Å². The zero-order valence-corrected chi connectivity index (χ0v) is 16.6. The number of aryl methyl sites for hydroxylation is 1. The maximum absolute atomic E-state index is 13.3. The van der Waals surface area contributed by atoms with Crippen molar-refractivity contribution >= 4 is 17.7 Å². The normalized spacial score (nSPS) is 15.3. The second-order valence-electron chi connectivity index (χ2n) is 7.40. The van der Waals surface area contributed by atoms with Crippen LogP contribution in [0, 0.1) is 25.6 Å². The third kappa shape index (κ3) is 4.47. The fourth-order valence-corrected chi connectivity index (χ4v) is 4.02. The average molecular weight is 376 g/mol. The molecule has 6 heteroatoms. The molecule has 26 heavy (non-hydrogen) atoms. The molecule has 1 aromatic carbocycles. The van der Waals surface area contributed by atoms with E-state index >= 15 is 0 Å². The summed E-state index contributed by atoms with van der Waals surface area (Å²) in [6, 6.07) is 6.48. The Bertz CT molecular complexity index is 781. The van der Waals surface area contributed by atoms with Gasteiger partial charge in [0.1, 0.15) is 11.1 Å². The number of aromatic nitrogens is 2. The van der Waals surface area contributed by atoms with Gasteiger partial charge < -0.3 is 9.88 Å². The highest BCUT2D eigenvalue weighted by atomic mass is 32.2. The molecule has 1 saturated carbocycles. The first-order valence-corrected chi connectivity index (χ1v) is 9.99. The van der Waals surface area contributed by atoms with E-state index in [0.717, 1.165) is 41.5 Å². The summed E-state index contributed by atoms with van der Waals surface area (Å²) in [6.07, 6.45) is 2.07. The first kappa shape index (κ1) is 19.0. The Labute approximate surface area is 158 Å². The van der Waals surface area contributed by atoms with Gasteiger partial charge in [0.25, 0.3) is 0 Å². The monoisotopic (exact) mass is 375 g/mol. The third-order valence-electron chi connectivity index (χ3n) is 4.53. The largest absolute Gasteiger partial charge is 0.352 e. The fourth-order valence-electron chi connectivity index (χ4n) is 2.81. The van der Waals surface area contributed by atoms with Gasteiger partial charge >= 0.3 is 0 Å². The summed E-state index contributed by atoms with van der Waals surface area (Å²) in [5, 5.41) is 3.48. The van der Waals surface area contributed by atoms with Crippen LogP contribution in [0.15, 0.2) is 29.4 Å². The molecule has 4 nitrogen and oxygen atoms in total. The number of benzene rings is 1. The maximum atomic E-state index is 13.3. The van der Waals surface area contributed by atoms with Crippen molar-refractivity contribution in [1.29, 1.82) is 0 Å². The minimum atomic E-state index is -0.441. The number of halogens is 1. The Hall–Kier alpha value is -1.82. The van der Waals surface area contributed by atoms with Gasteiger partial charge in [0.05, 0.1) is 5.69 Å². The van der Waals surface area contributed by atoms with Crippen LogP contribution >= 0.6 is 11.8 Å². The summed E-state index contributed by atoms with van der Waals surface area (Å²) in [5.74, 6) is 0.151. The number of carbonyl (C=O) groups excluding carboxylic acids is 1. The fraction of sp³-hybridized carbons (Fsp3) is 0.500. The Balaban J connectivity index is 1.91. The summed E-state index contributed by atoms with van der Waals surface area (Å²) in [5.41, 5.74) is 2.90. The predicted molar refractivity (Wildman–Crippen MR) is 103 cm³/mol. The molecular formula is C20H26FN3OS. The molecule has 1 aliphatic rings. The van der Waals surface area contributed by atoms with Crippen LogP contribution in [0.5, 0.6) is 0 Å². The van der Waals surface area contributed by atoms with Crippen LogP contribution in [0.25, 0.3) is 0 Å². The molecule has 1 atom stereocenters. The second kappa shape index (κ2) is 7.82. The van der Waals surface area contributed by atoms with Crippen molar-refractivity contribution in [2.24, 2.45) is 5.92 Å². The molecule has 1 fully saturated rings. The highest BCUT2D eigenvalue weighted by molar-refractivity contribution is 8.00. The van der Waals surface area contributed by atoms with E-state index in [1.54, 1.807) is 12.1 Å². The Morgan fingerprint density at radius 3 is 2.54 bits per heavy atom. The molecule has 0 radical (unpaired) electrons. The van der Waals surface area contributed by atoms with Crippen LogP contribution in [0.2, 0.25) is 0 Å². The van der Waals surface area contributed by atoms with Gasteiger partial charge in [0.2, 0.25) is 5.91 Å². The van der Waals surface area contributed by atoms with Gasteiger partial charge in [-0.1, -0.05) is 37.7 Å². The molecular weight excluding hydrogens is 349 g/mol. The van der Waals surface area contributed by atoms with Gasteiger partial charge in [0.15, 0.2) is 5.16 Å². The predicted octanol–water partition coefficient (Wildman–Crippen LogP) is 4.41. The Morgan fingerprint density at radius 2 is 1.96 bits per heavy atom. The van der Waals surface area contributed by atoms with Crippen molar-refractivity contribution < 1.29 is 9.18 Å². The standard InChI is InChI=1S/C20H26FN3OS/c1-12(2)11-24-14(4)13(3)22-20(24)26-18(19(25)23-17-9-10-17)15-5-7-16(21)8-6-15/h5-8,12,17-18H,9-11H2,1-4H3,(H,23,25). The molecule has 1 heterocycles. The van der Waals surface area contributed by atoms with E-state index in [1.165, 1.54) is 23.9 Å². The van der Waals surface area contributed by atoms with Crippen LogP contribution in [0.1, 0.15) is 48.9 Å². The van der Waals surface area contributed by atoms with Crippen molar-refractivity contribution in [2.45, 2.75) is 63.5 Å². The highest BCUT2D eigenvalue weighted by Crippen LogP contribution is 2.37. The molecule has 1 aliphatic carbocycles. The Morgan fingerprint density at radius 1 is 1.31 bits per heavy atom. The molecule has 0 aliphatic heterocycles. The van der Waals surface area contributed by atoms with E-state index < -0.39 is 5.25 Å². The first-order chi connectivity index (χ1) is 12.3. The van der Waals surface area contributed by atoms with E-state index in [0.29, 0.717) is 5.92 Å². The number of thioether (sulfide) groups is 1. The van der Waals surface area contributed by atoms with Crippen molar-refractivity contribution in [3.8, 4) is 0 Å². The molecule has 0 spiro atoms. The lowest BCUT2D eigenvalue weighted by atomic mass is 10.1. The zero-order valence-electron chi connectivity index (χ0n) is 15.8. The van der Waals surface area contributed by atoms with Gasteiger partial charge in [-0.15, -0.1) is 0 Å². The van der Waals surface area contributed by atoms with Gasteiger partial charge in [-0.3, -0.25) is 4.79 Å². The topological polar surface area (TPSA) is 46.9 Å². The molecule has 140 valence electrons. The van der Waals surface area contributed by atoms with Crippen LogP contribution in [0.4, 0.5) is 4.39 Å². The number of nitrogens with one attached hydrogen (secondary N) is 1. The summed E-state index contributed by atoms with van der Waals surface area (Å²) >= 11 is 1.45. The summed E-state index contributed by atoms with van der Waals surface area (Å²) < 4.78 is 15.5. The van der Waals surface area contributed by atoms with Crippen LogP contribution in [-0.4, -0.2) is 21.5 Å². The number of hydrogen-bond acceptors (Lipinski definition) is 3. The number of amides is 1. The summed E-state index contributed by atoms with van der Waals surface area (Å²) in [7, 11) is 0. The number of hydrogen-bond donors (Lipinski definition) is 1. The molecule has 1 aromatic heterocycles. The van der Waals surface area contributed by atoms with Crippen molar-refractivity contribution in [3.63, 3.8) is 0 Å². The number of imidazole rings is 1. The van der Waals surface area contributed by atoms with E-state index in [-0.39, 0.29) is 17.8 Å². The zero-order chi connectivity index (χ0) is 18.8. The SMILES string of the molecule is Cc1nc(SC(C(=O)NC2CC2)c2ccc(F)cc2)n(CC(C)C)c1C. The van der Waals surface area contributed by atoms with Crippen molar-refractivity contribution in [2.75, 3.05) is 0 Å². The number of nitrogens with zero attached hydrogens (tertiary/aromatic N) is 2. The molecule has 2 aromatic rings. The van der Waals surface area contributed by atoms with Crippen LogP contribution in [-0.2, 0) is 11.3 Å². The van der Waals surface area contributed by atoms with Gasteiger partial charge in [-0.05, 0) is 50.3 Å². The van der Waals surface area contributed by atoms with Gasteiger partial charge in [-0.2, -0.15) is 0 Å². The lowest BCUT2D eigenvalue weighted by Crippen LogP contribution is -2.30. The first-order valence-electron chi connectivity index (χ1n) is 9.11. The summed E-state index contributed by atoms with van der Waals surface area (Å²) in [4.78, 5) is 17.5. The molecule has 0 bridgehead atoms. The smallest absolute Gasteiger partial charge is 0.238 e. The minimum Gasteiger partial charge on any atom is -0.352 e. The van der Waals surface area contributed by atoms with E-state index in [2.05, 4.69) is 30.7 Å². The lowest BCUT2D eigenvalue weighted by Gasteiger charge is -2.18. The van der Waals surface area contributed by atoms with E-state index in [4.69, 9.17) is 4.98 Å².